The van der Waals surface area contributed by atoms with Gasteiger partial charge in [0.25, 0.3) is 15.9 Å². The summed E-state index contributed by atoms with van der Waals surface area (Å²) in [5, 5.41) is 3.90. The third-order valence-electron chi connectivity index (χ3n) is 5.56. The Morgan fingerprint density at radius 1 is 1.00 bits per heavy atom. The lowest BCUT2D eigenvalue weighted by Crippen LogP contribution is -2.39. The van der Waals surface area contributed by atoms with Crippen LogP contribution in [0.3, 0.4) is 0 Å². The van der Waals surface area contributed by atoms with Crippen LogP contribution in [0, 0.1) is 5.82 Å². The van der Waals surface area contributed by atoms with Gasteiger partial charge in [-0.15, -0.1) is 0 Å². The smallest absolute Gasteiger partial charge is 0.344 e. The van der Waals surface area contributed by atoms with Crippen molar-refractivity contribution >= 4 is 33.8 Å². The minimum absolute atomic E-state index is 0.0763. The maximum atomic E-state index is 13.6. The fraction of sp³-hybridized carbons (Fsp3) is 0.276. The molecule has 0 fully saturated rings. The highest BCUT2D eigenvalue weighted by molar-refractivity contribution is 7.92. The highest BCUT2D eigenvalue weighted by atomic mass is 32.2. The van der Waals surface area contributed by atoms with Crippen molar-refractivity contribution in [1.82, 2.24) is 5.43 Å². The molecule has 1 aliphatic heterocycles. The predicted octanol–water partition coefficient (Wildman–Crippen LogP) is 3.66. The van der Waals surface area contributed by atoms with Crippen molar-refractivity contribution in [1.29, 1.82) is 0 Å². The van der Waals surface area contributed by atoms with E-state index in [1.54, 1.807) is 45.0 Å². The molecule has 0 radical (unpaired) electrons. The van der Waals surface area contributed by atoms with Gasteiger partial charge in [0.05, 0.1) is 16.8 Å². The van der Waals surface area contributed by atoms with E-state index in [2.05, 4.69) is 10.5 Å². The van der Waals surface area contributed by atoms with E-state index >= 15 is 0 Å². The second-order valence-corrected chi connectivity index (χ2v) is 11.9. The van der Waals surface area contributed by atoms with Crippen LogP contribution in [0.25, 0.3) is 0 Å². The monoisotopic (exact) mass is 599 g/mol. The number of fused-ring (bicyclic) bond motifs is 1. The van der Waals surface area contributed by atoms with Gasteiger partial charge in [0, 0.05) is 6.07 Å². The van der Waals surface area contributed by atoms with Gasteiger partial charge in [-0.3, -0.25) is 9.10 Å². The molecule has 1 aliphatic rings. The molecule has 1 amide bonds. The molecule has 0 atom stereocenters. The van der Waals surface area contributed by atoms with Crippen LogP contribution in [0.5, 0.6) is 17.2 Å². The molecular weight excluding hydrogens is 569 g/mol. The van der Waals surface area contributed by atoms with Gasteiger partial charge in [0.2, 0.25) is 0 Å². The Kier molecular flexibility index (Phi) is 9.31. The summed E-state index contributed by atoms with van der Waals surface area (Å²) in [5.74, 6) is -0.706. The number of hydrogen-bond acceptors (Lipinski definition) is 9. The average molecular weight is 600 g/mol. The van der Waals surface area contributed by atoms with Gasteiger partial charge >= 0.3 is 5.97 Å². The molecular formula is C29H30FN3O8S. The highest BCUT2D eigenvalue weighted by Crippen LogP contribution is 2.34. The van der Waals surface area contributed by atoms with E-state index in [1.807, 2.05) is 0 Å². The van der Waals surface area contributed by atoms with Gasteiger partial charge in [-0.1, -0.05) is 0 Å². The Hall–Kier alpha value is -4.65. The molecule has 13 heteroatoms. The summed E-state index contributed by atoms with van der Waals surface area (Å²) >= 11 is 0. The summed E-state index contributed by atoms with van der Waals surface area (Å²) in [6.45, 7) is 5.00. The molecule has 0 aliphatic carbocycles. The first-order chi connectivity index (χ1) is 19.9. The number of benzene rings is 3. The third kappa shape index (κ3) is 8.19. The maximum absolute atomic E-state index is 13.6. The number of sulfonamides is 1. The Morgan fingerprint density at radius 2 is 1.67 bits per heavy atom. The Labute approximate surface area is 242 Å². The molecule has 42 heavy (non-hydrogen) atoms. The summed E-state index contributed by atoms with van der Waals surface area (Å²) in [4.78, 5) is 24.5. The van der Waals surface area contributed by atoms with Crippen molar-refractivity contribution in [2.45, 2.75) is 31.3 Å². The lowest BCUT2D eigenvalue weighted by Gasteiger charge is -2.25. The molecule has 4 rings (SSSR count). The molecule has 0 saturated carbocycles. The molecule has 1 N–H and O–H groups in total. The topological polar surface area (TPSA) is 133 Å². The van der Waals surface area contributed by atoms with Gasteiger partial charge in [0.1, 0.15) is 36.9 Å². The number of nitrogens with one attached hydrogen (secondary N) is 1. The standard InChI is InChI=1S/C29H30FN3O8S/c1-29(2,3)41-28(35)19-40-23-10-4-20(5-11-23)17-31-32-27(34)18-33(22-8-6-21(30)7-9-22)42(36,37)24-12-13-25-26(16-24)39-15-14-38-25/h4-13,16-17H,14-15,18-19H2,1-3H3,(H,32,34)/b31-17-. The summed E-state index contributed by atoms with van der Waals surface area (Å²) in [6.07, 6.45) is 1.35. The number of hydrazone groups is 1. The fourth-order valence-electron chi connectivity index (χ4n) is 3.74. The van der Waals surface area contributed by atoms with Gasteiger partial charge in [0.15, 0.2) is 18.1 Å². The first-order valence-corrected chi connectivity index (χ1v) is 14.3. The van der Waals surface area contributed by atoms with Crippen LogP contribution in [0.1, 0.15) is 26.3 Å². The van der Waals surface area contributed by atoms with E-state index < -0.39 is 39.9 Å². The second kappa shape index (κ2) is 12.9. The first-order valence-electron chi connectivity index (χ1n) is 12.9. The molecule has 0 aromatic heterocycles. The zero-order chi connectivity index (χ0) is 30.3. The third-order valence-corrected chi connectivity index (χ3v) is 7.33. The number of rotatable bonds is 10. The zero-order valence-corrected chi connectivity index (χ0v) is 24.0. The maximum Gasteiger partial charge on any atom is 0.344 e. The number of ether oxygens (including phenoxy) is 4. The number of nitrogens with zero attached hydrogens (tertiary/aromatic N) is 2. The molecule has 0 spiro atoms. The van der Waals surface area contributed by atoms with E-state index in [4.69, 9.17) is 18.9 Å². The summed E-state index contributed by atoms with van der Waals surface area (Å²) in [7, 11) is -4.28. The van der Waals surface area contributed by atoms with Crippen molar-refractivity contribution in [2.24, 2.45) is 5.10 Å². The number of carbonyl (C=O) groups excluding carboxylic acids is 2. The zero-order valence-electron chi connectivity index (χ0n) is 23.2. The van der Waals surface area contributed by atoms with Crippen LogP contribution < -0.4 is 23.9 Å². The van der Waals surface area contributed by atoms with Gasteiger partial charge in [-0.25, -0.2) is 23.0 Å². The molecule has 11 nitrogen and oxygen atoms in total. The largest absolute Gasteiger partial charge is 0.486 e. The Bertz CT molecular complexity index is 1550. The van der Waals surface area contributed by atoms with Crippen LogP contribution in [-0.4, -0.2) is 58.5 Å². The van der Waals surface area contributed by atoms with Crippen molar-refractivity contribution < 1.29 is 41.3 Å². The van der Waals surface area contributed by atoms with Crippen LogP contribution in [0.4, 0.5) is 10.1 Å². The second-order valence-electron chi connectivity index (χ2n) is 10.0. The minimum atomic E-state index is -4.28. The molecule has 1 heterocycles. The number of carbonyl (C=O) groups is 2. The molecule has 0 bridgehead atoms. The normalized spacial score (nSPS) is 13.0. The number of hydrogen-bond donors (Lipinski definition) is 1. The Morgan fingerprint density at radius 3 is 2.33 bits per heavy atom. The van der Waals surface area contributed by atoms with E-state index in [-0.39, 0.29) is 29.5 Å². The van der Waals surface area contributed by atoms with E-state index in [1.165, 1.54) is 36.5 Å². The van der Waals surface area contributed by atoms with Crippen LogP contribution in [-0.2, 0) is 24.3 Å². The van der Waals surface area contributed by atoms with Crippen LogP contribution in [0.2, 0.25) is 0 Å². The molecule has 0 unspecified atom stereocenters. The molecule has 3 aromatic rings. The van der Waals surface area contributed by atoms with Gasteiger partial charge in [-0.05, 0) is 87.0 Å². The van der Waals surface area contributed by atoms with E-state index in [0.29, 0.717) is 23.7 Å². The number of esters is 1. The SMILES string of the molecule is CC(C)(C)OC(=O)COc1ccc(/C=N\NC(=O)CN(c2ccc(F)cc2)S(=O)(=O)c2ccc3c(c2)OCCO3)cc1. The summed E-state index contributed by atoms with van der Waals surface area (Å²) in [6, 6.07) is 15.4. The number of amides is 1. The quantitative estimate of drug-likeness (QED) is 0.212. The van der Waals surface area contributed by atoms with E-state index in [0.717, 1.165) is 16.4 Å². The number of anilines is 1. The first kappa shape index (κ1) is 30.3. The Balaban J connectivity index is 1.42. The van der Waals surface area contributed by atoms with Gasteiger partial charge in [-0.2, -0.15) is 5.10 Å². The molecule has 0 saturated heterocycles. The average Bonchev–Trinajstić information content (AvgIpc) is 2.95. The lowest BCUT2D eigenvalue weighted by molar-refractivity contribution is -0.157. The van der Waals surface area contributed by atoms with Crippen molar-refractivity contribution in [3.63, 3.8) is 0 Å². The highest BCUT2D eigenvalue weighted by Gasteiger charge is 2.29. The van der Waals surface area contributed by atoms with Crippen molar-refractivity contribution in [3.8, 4) is 17.2 Å². The van der Waals surface area contributed by atoms with Crippen molar-refractivity contribution in [2.75, 3.05) is 30.7 Å². The van der Waals surface area contributed by atoms with E-state index in [9.17, 15) is 22.4 Å². The lowest BCUT2D eigenvalue weighted by atomic mass is 10.2. The molecule has 222 valence electrons. The van der Waals surface area contributed by atoms with Crippen LogP contribution in [0.15, 0.2) is 76.7 Å². The fourth-order valence-corrected chi connectivity index (χ4v) is 5.18. The predicted molar refractivity (Wildman–Crippen MR) is 152 cm³/mol. The molecule has 3 aromatic carbocycles. The summed E-state index contributed by atoms with van der Waals surface area (Å²) < 4.78 is 63.2. The number of halogens is 1. The summed E-state index contributed by atoms with van der Waals surface area (Å²) in [5.41, 5.74) is 2.36. The van der Waals surface area contributed by atoms with Crippen LogP contribution >= 0.6 is 0 Å². The van der Waals surface area contributed by atoms with Crippen molar-refractivity contribution in [3.05, 3.63) is 78.1 Å². The minimum Gasteiger partial charge on any atom is -0.486 e. The van der Waals surface area contributed by atoms with Gasteiger partial charge < -0.3 is 18.9 Å².